The van der Waals surface area contributed by atoms with Crippen LogP contribution >= 0.6 is 39.0 Å². The Balaban J connectivity index is 1.83. The molecule has 3 heterocycles. The van der Waals surface area contributed by atoms with Gasteiger partial charge in [0.2, 0.25) is 0 Å². The van der Waals surface area contributed by atoms with E-state index in [9.17, 15) is 9.59 Å². The number of rotatable bonds is 2. The number of halogens is 1. The summed E-state index contributed by atoms with van der Waals surface area (Å²) in [4.78, 5) is 24.9. The molecule has 4 rings (SSSR count). The molecule has 1 aromatic heterocycles. The molecular weight excluding hydrogens is 414 g/mol. The molecule has 6 nitrogen and oxygen atoms in total. The highest BCUT2D eigenvalue weighted by atomic mass is 79.9. The molecule has 9 heteroatoms. The van der Waals surface area contributed by atoms with Gasteiger partial charge in [-0.05, 0) is 18.2 Å². The summed E-state index contributed by atoms with van der Waals surface area (Å²) in [7, 11) is 0. The summed E-state index contributed by atoms with van der Waals surface area (Å²) in [5.41, 5.74) is 3.18. The first-order valence-electron chi connectivity index (χ1n) is 7.36. The molecule has 0 saturated heterocycles. The third-order valence-corrected chi connectivity index (χ3v) is 7.28. The molecule has 3 N–H and O–H groups in total. The zero-order valence-electron chi connectivity index (χ0n) is 12.5. The van der Waals surface area contributed by atoms with E-state index in [1.54, 1.807) is 11.8 Å². The molecule has 0 bridgehead atoms. The third-order valence-electron chi connectivity index (χ3n) is 4.28. The lowest BCUT2D eigenvalue weighted by molar-refractivity contribution is -0.121. The Bertz CT molecular complexity index is 879. The molecule has 2 atom stereocenters. The average molecular weight is 428 g/mol. The van der Waals surface area contributed by atoms with Crippen LogP contribution < -0.4 is 20.9 Å². The number of nitrogens with two attached hydrogens (primary N) is 1. The van der Waals surface area contributed by atoms with Gasteiger partial charge in [-0.1, -0.05) is 27.3 Å². The number of carbonyl (C=O) groups is 1. The van der Waals surface area contributed by atoms with E-state index in [1.807, 2.05) is 12.1 Å². The number of thiazole rings is 1. The van der Waals surface area contributed by atoms with Gasteiger partial charge in [0.15, 0.2) is 0 Å². The predicted molar refractivity (Wildman–Crippen MR) is 96.6 cm³/mol. The van der Waals surface area contributed by atoms with Crippen LogP contribution in [0, 0.1) is 5.92 Å². The minimum Gasteiger partial charge on any atom is -0.493 e. The fraction of sp³-hybridized carbons (Fsp3) is 0.333. The number of hydrogen-bond donors (Lipinski definition) is 2. The van der Waals surface area contributed by atoms with Gasteiger partial charge in [-0.3, -0.25) is 19.6 Å². The molecule has 2 unspecified atom stereocenters. The maximum atomic E-state index is 12.4. The van der Waals surface area contributed by atoms with Crippen molar-refractivity contribution in [3.63, 3.8) is 0 Å². The monoisotopic (exact) mass is 427 g/mol. The van der Waals surface area contributed by atoms with Crippen LogP contribution in [0.5, 0.6) is 5.75 Å². The number of hydrogen-bond acceptors (Lipinski definition) is 6. The second kappa shape index (κ2) is 6.21. The van der Waals surface area contributed by atoms with Crippen molar-refractivity contribution in [3.05, 3.63) is 42.8 Å². The predicted octanol–water partition coefficient (Wildman–Crippen LogP) is 1.91. The van der Waals surface area contributed by atoms with Gasteiger partial charge in [0.25, 0.3) is 5.91 Å². The van der Waals surface area contributed by atoms with Gasteiger partial charge in [0.05, 0.1) is 11.6 Å². The molecule has 0 spiro atoms. The molecule has 2 aliphatic heterocycles. The van der Waals surface area contributed by atoms with Crippen molar-refractivity contribution in [1.29, 1.82) is 0 Å². The SMILES string of the molecule is NNC(=O)Cn1c2c(sc1=O)C1c3cc(Br)ccc3OCC1CS2. The van der Waals surface area contributed by atoms with Gasteiger partial charge in [0, 0.05) is 32.5 Å². The first-order valence-corrected chi connectivity index (χ1v) is 9.96. The molecule has 1 amide bonds. The van der Waals surface area contributed by atoms with Gasteiger partial charge in [0.1, 0.15) is 12.3 Å². The lowest BCUT2D eigenvalue weighted by Crippen LogP contribution is -2.36. The Morgan fingerprint density at radius 2 is 2.33 bits per heavy atom. The number of benzene rings is 1. The van der Waals surface area contributed by atoms with Crippen LogP contribution in [0.3, 0.4) is 0 Å². The van der Waals surface area contributed by atoms with E-state index in [-0.39, 0.29) is 23.2 Å². The lowest BCUT2D eigenvalue weighted by atomic mass is 9.84. The van der Waals surface area contributed by atoms with Crippen molar-refractivity contribution < 1.29 is 9.53 Å². The van der Waals surface area contributed by atoms with E-state index >= 15 is 0 Å². The van der Waals surface area contributed by atoms with Gasteiger partial charge in [-0.25, -0.2) is 5.84 Å². The number of amides is 1. The summed E-state index contributed by atoms with van der Waals surface area (Å²) in [6.07, 6.45) is 0. The van der Waals surface area contributed by atoms with Crippen LogP contribution in [0.25, 0.3) is 0 Å². The minimum atomic E-state index is -0.379. The Morgan fingerprint density at radius 3 is 3.12 bits per heavy atom. The van der Waals surface area contributed by atoms with Gasteiger partial charge >= 0.3 is 4.87 Å². The molecule has 1 aromatic carbocycles. The fourth-order valence-electron chi connectivity index (χ4n) is 3.21. The van der Waals surface area contributed by atoms with Gasteiger partial charge < -0.3 is 4.74 Å². The quantitative estimate of drug-likeness (QED) is 0.434. The van der Waals surface area contributed by atoms with Crippen LogP contribution in [0.15, 0.2) is 32.5 Å². The van der Waals surface area contributed by atoms with E-state index in [2.05, 4.69) is 27.4 Å². The molecule has 2 aromatic rings. The van der Waals surface area contributed by atoms with Crippen molar-refractivity contribution in [2.24, 2.45) is 11.8 Å². The zero-order valence-corrected chi connectivity index (χ0v) is 15.7. The van der Waals surface area contributed by atoms with Crippen LogP contribution in [0.4, 0.5) is 0 Å². The number of nitrogens with one attached hydrogen (secondary N) is 1. The topological polar surface area (TPSA) is 86.4 Å². The number of thioether (sulfide) groups is 1. The highest BCUT2D eigenvalue weighted by Gasteiger charge is 2.40. The number of hydrazine groups is 1. The molecule has 0 radical (unpaired) electrons. The first kappa shape index (κ1) is 16.2. The Labute approximate surface area is 154 Å². The maximum absolute atomic E-state index is 12.4. The second-order valence-electron chi connectivity index (χ2n) is 5.73. The van der Waals surface area contributed by atoms with E-state index < -0.39 is 0 Å². The summed E-state index contributed by atoms with van der Waals surface area (Å²) in [5, 5.41) is 0.877. The van der Waals surface area contributed by atoms with Crippen molar-refractivity contribution >= 4 is 44.9 Å². The molecule has 24 heavy (non-hydrogen) atoms. The number of carbonyl (C=O) groups excluding carboxylic acids is 1. The largest absolute Gasteiger partial charge is 0.493 e. The van der Waals surface area contributed by atoms with Crippen LogP contribution in [0.1, 0.15) is 16.4 Å². The third kappa shape index (κ3) is 2.59. The second-order valence-corrected chi connectivity index (χ2v) is 8.65. The van der Waals surface area contributed by atoms with Gasteiger partial charge in [-0.2, -0.15) is 0 Å². The van der Waals surface area contributed by atoms with E-state index in [4.69, 9.17) is 10.6 Å². The number of nitrogens with zero attached hydrogens (tertiary/aromatic N) is 1. The van der Waals surface area contributed by atoms with Crippen molar-refractivity contribution in [2.45, 2.75) is 17.5 Å². The molecule has 2 aliphatic rings. The average Bonchev–Trinajstić information content (AvgIpc) is 2.90. The molecule has 0 saturated carbocycles. The summed E-state index contributed by atoms with van der Waals surface area (Å²) >= 11 is 6.35. The van der Waals surface area contributed by atoms with Crippen molar-refractivity contribution in [1.82, 2.24) is 9.99 Å². The van der Waals surface area contributed by atoms with E-state index in [0.717, 1.165) is 31.4 Å². The summed E-state index contributed by atoms with van der Waals surface area (Å²) in [5.74, 6) is 6.94. The van der Waals surface area contributed by atoms with Crippen LogP contribution in [-0.4, -0.2) is 22.8 Å². The molecule has 0 fully saturated rings. The van der Waals surface area contributed by atoms with E-state index in [0.29, 0.717) is 12.5 Å². The smallest absolute Gasteiger partial charge is 0.308 e. The summed E-state index contributed by atoms with van der Waals surface area (Å²) in [6.45, 7) is 0.592. The Morgan fingerprint density at radius 1 is 1.50 bits per heavy atom. The summed E-state index contributed by atoms with van der Waals surface area (Å²) < 4.78 is 8.40. The zero-order chi connectivity index (χ0) is 16.8. The number of aromatic nitrogens is 1. The highest BCUT2D eigenvalue weighted by Crippen LogP contribution is 2.50. The van der Waals surface area contributed by atoms with Gasteiger partial charge in [-0.15, -0.1) is 11.8 Å². The lowest BCUT2D eigenvalue weighted by Gasteiger charge is -2.36. The fourth-order valence-corrected chi connectivity index (χ4v) is 6.28. The number of ether oxygens (including phenoxy) is 1. The normalized spacial score (nSPS) is 21.2. The molecule has 0 aliphatic carbocycles. The standard InChI is InChI=1S/C15H14BrN3O3S2/c16-8-1-2-10-9(3-8)12-7(5-22-10)6-23-14-13(12)24-15(21)19(14)4-11(20)18-17/h1-3,7,12H,4-6,17H2,(H,18,20). The van der Waals surface area contributed by atoms with Crippen LogP contribution in [0.2, 0.25) is 0 Å². The molecule has 126 valence electrons. The number of fused-ring (bicyclic) bond motifs is 5. The molecular formula is C15H14BrN3O3S2. The minimum absolute atomic E-state index is 0.0482. The summed E-state index contributed by atoms with van der Waals surface area (Å²) in [6, 6.07) is 5.97. The highest BCUT2D eigenvalue weighted by molar-refractivity contribution is 9.10. The van der Waals surface area contributed by atoms with Crippen LogP contribution in [-0.2, 0) is 11.3 Å². The van der Waals surface area contributed by atoms with Crippen molar-refractivity contribution in [2.75, 3.05) is 12.4 Å². The first-order chi connectivity index (χ1) is 11.6. The van der Waals surface area contributed by atoms with E-state index in [1.165, 1.54) is 15.9 Å². The van der Waals surface area contributed by atoms with Crippen molar-refractivity contribution in [3.8, 4) is 5.75 Å². The maximum Gasteiger partial charge on any atom is 0.308 e. The Hall–Kier alpha value is -1.29. The Kier molecular flexibility index (Phi) is 4.19.